The third-order valence-corrected chi connectivity index (χ3v) is 4.65. The van der Waals surface area contributed by atoms with Crippen LogP contribution in [0.2, 0.25) is 0 Å². The van der Waals surface area contributed by atoms with Gasteiger partial charge in [-0.1, -0.05) is 6.07 Å². The van der Waals surface area contributed by atoms with Crippen molar-refractivity contribution in [3.8, 4) is 0 Å². The molecule has 0 radical (unpaired) electrons. The molecule has 1 aliphatic heterocycles. The third-order valence-electron chi connectivity index (χ3n) is 4.46. The summed E-state index contributed by atoms with van der Waals surface area (Å²) in [6.45, 7) is 3.99. The lowest BCUT2D eigenvalue weighted by Crippen LogP contribution is -2.45. The Labute approximate surface area is 139 Å². The molecule has 1 aromatic carbocycles. The minimum absolute atomic E-state index is 0.615. The monoisotopic (exact) mass is 330 g/mol. The third kappa shape index (κ3) is 2.62. The van der Waals surface area contributed by atoms with Gasteiger partial charge in [-0.15, -0.1) is 21.8 Å². The summed E-state index contributed by atoms with van der Waals surface area (Å²) in [5, 5.41) is 8.42. The van der Waals surface area contributed by atoms with Gasteiger partial charge in [-0.05, 0) is 31.2 Å². The molecule has 0 saturated carbocycles. The summed E-state index contributed by atoms with van der Waals surface area (Å²) in [6.07, 6.45) is 2.62. The van der Waals surface area contributed by atoms with Gasteiger partial charge in [-0.25, -0.2) is 4.98 Å². The smallest absolute Gasteiger partial charge is 0.204 e. The number of rotatable bonds is 3. The lowest BCUT2D eigenvalue weighted by Gasteiger charge is -2.33. The molecule has 6 nitrogen and oxygen atoms in total. The van der Waals surface area contributed by atoms with Gasteiger partial charge in [0.25, 0.3) is 0 Å². The van der Waals surface area contributed by atoms with Crippen LogP contribution in [0.1, 0.15) is 5.56 Å². The highest BCUT2D eigenvalue weighted by Crippen LogP contribution is 2.25. The van der Waals surface area contributed by atoms with E-state index >= 15 is 0 Å². The minimum atomic E-state index is 0.615. The molecule has 0 amide bonds. The van der Waals surface area contributed by atoms with E-state index in [1.807, 2.05) is 4.40 Å². The molecule has 120 valence electrons. The van der Waals surface area contributed by atoms with Gasteiger partial charge in [0.15, 0.2) is 5.82 Å². The van der Waals surface area contributed by atoms with Crippen molar-refractivity contribution in [3.05, 3.63) is 30.1 Å². The summed E-state index contributed by atoms with van der Waals surface area (Å²) >= 11 is 5.87. The van der Waals surface area contributed by atoms with Crippen molar-refractivity contribution >= 4 is 34.1 Å². The topological polar surface area (TPSA) is 49.6 Å². The molecule has 4 rings (SSSR count). The van der Waals surface area contributed by atoms with Crippen molar-refractivity contribution in [3.63, 3.8) is 0 Å². The normalized spacial score (nSPS) is 16.5. The number of benzene rings is 1. The summed E-state index contributed by atoms with van der Waals surface area (Å²) in [5.41, 5.74) is 4.02. The molecule has 1 aliphatic rings. The second kappa shape index (κ2) is 5.94. The van der Waals surface area contributed by atoms with Gasteiger partial charge in [0.05, 0.1) is 11.0 Å². The predicted molar refractivity (Wildman–Crippen MR) is 92.4 cm³/mol. The molecule has 0 bridgehead atoms. The summed E-state index contributed by atoms with van der Waals surface area (Å²) in [6, 6.07) is 6.30. The van der Waals surface area contributed by atoms with E-state index in [4.69, 9.17) is 16.6 Å². The summed E-state index contributed by atoms with van der Waals surface area (Å²) in [7, 11) is 2.15. The van der Waals surface area contributed by atoms with E-state index in [2.05, 4.69) is 45.2 Å². The molecule has 3 heterocycles. The van der Waals surface area contributed by atoms with Crippen molar-refractivity contribution in [2.45, 2.75) is 6.42 Å². The van der Waals surface area contributed by atoms with Gasteiger partial charge in [-0.3, -0.25) is 4.40 Å². The number of anilines is 1. The first-order valence-electron chi connectivity index (χ1n) is 7.88. The van der Waals surface area contributed by atoms with Crippen LogP contribution in [-0.4, -0.2) is 63.6 Å². The highest BCUT2D eigenvalue weighted by molar-refractivity contribution is 6.18. The molecule has 7 heteroatoms. The molecular formula is C16H19ClN6. The fourth-order valence-electron chi connectivity index (χ4n) is 3.08. The Kier molecular flexibility index (Phi) is 3.79. The molecule has 1 saturated heterocycles. The van der Waals surface area contributed by atoms with Gasteiger partial charge in [0.1, 0.15) is 6.33 Å². The Balaban J connectivity index is 1.85. The number of alkyl halides is 1. The summed E-state index contributed by atoms with van der Waals surface area (Å²) in [5.74, 6) is 1.54. The molecule has 0 aliphatic carbocycles. The summed E-state index contributed by atoms with van der Waals surface area (Å²) < 4.78 is 2.04. The predicted octanol–water partition coefficient (Wildman–Crippen LogP) is 1.81. The minimum Gasteiger partial charge on any atom is -0.351 e. The first-order chi connectivity index (χ1) is 11.3. The van der Waals surface area contributed by atoms with E-state index in [1.165, 1.54) is 5.56 Å². The number of hydrogen-bond donors (Lipinski definition) is 0. The second-order valence-corrected chi connectivity index (χ2v) is 6.39. The molecule has 0 N–H and O–H groups in total. The van der Waals surface area contributed by atoms with Crippen LogP contribution >= 0.6 is 11.6 Å². The fraction of sp³-hybridized carbons (Fsp3) is 0.438. The second-order valence-electron chi connectivity index (χ2n) is 6.01. The molecule has 2 aromatic heterocycles. The lowest BCUT2D eigenvalue weighted by atomic mass is 10.1. The van der Waals surface area contributed by atoms with Crippen LogP contribution in [0.25, 0.3) is 16.7 Å². The number of aromatic nitrogens is 4. The molecule has 3 aromatic rings. The Morgan fingerprint density at radius 3 is 2.78 bits per heavy atom. The number of nitrogens with zero attached hydrogens (tertiary/aromatic N) is 6. The maximum absolute atomic E-state index is 5.87. The maximum atomic E-state index is 5.87. The Bertz CT molecular complexity index is 837. The van der Waals surface area contributed by atoms with Crippen molar-refractivity contribution in [1.82, 2.24) is 24.5 Å². The quantitative estimate of drug-likeness (QED) is 0.686. The van der Waals surface area contributed by atoms with Gasteiger partial charge in [-0.2, -0.15) is 0 Å². The number of fused-ring (bicyclic) bond motifs is 3. The van der Waals surface area contributed by atoms with Crippen LogP contribution in [0.3, 0.4) is 0 Å². The molecule has 0 unspecified atom stereocenters. The molecule has 0 spiro atoms. The molecule has 1 fully saturated rings. The average molecular weight is 331 g/mol. The van der Waals surface area contributed by atoms with Crippen LogP contribution in [-0.2, 0) is 6.42 Å². The van der Waals surface area contributed by atoms with Crippen molar-refractivity contribution in [1.29, 1.82) is 0 Å². The average Bonchev–Trinajstić information content (AvgIpc) is 3.05. The number of halogens is 1. The van der Waals surface area contributed by atoms with Crippen LogP contribution in [0, 0.1) is 0 Å². The van der Waals surface area contributed by atoms with Crippen molar-refractivity contribution in [2.75, 3.05) is 44.0 Å². The zero-order chi connectivity index (χ0) is 15.8. The molecule has 23 heavy (non-hydrogen) atoms. The number of piperazine rings is 1. The molecule has 0 atom stereocenters. The van der Waals surface area contributed by atoms with E-state index in [1.54, 1.807) is 6.33 Å². The zero-order valence-corrected chi connectivity index (χ0v) is 13.9. The largest absolute Gasteiger partial charge is 0.351 e. The van der Waals surface area contributed by atoms with E-state index in [9.17, 15) is 0 Å². The molecular weight excluding hydrogens is 312 g/mol. The van der Waals surface area contributed by atoms with Crippen LogP contribution < -0.4 is 4.90 Å². The van der Waals surface area contributed by atoms with Gasteiger partial charge >= 0.3 is 0 Å². The van der Waals surface area contributed by atoms with Crippen LogP contribution in [0.4, 0.5) is 5.82 Å². The number of likely N-dealkylation sites (N-methyl/N-ethyl adjacent to an activating group) is 1. The lowest BCUT2D eigenvalue weighted by molar-refractivity contribution is 0.312. The van der Waals surface area contributed by atoms with Crippen molar-refractivity contribution < 1.29 is 0 Å². The first kappa shape index (κ1) is 14.7. The Hall–Kier alpha value is -1.92. The van der Waals surface area contributed by atoms with E-state index in [0.29, 0.717) is 5.88 Å². The first-order valence-corrected chi connectivity index (χ1v) is 8.41. The van der Waals surface area contributed by atoms with E-state index < -0.39 is 0 Å². The number of aryl methyl sites for hydroxylation is 1. The van der Waals surface area contributed by atoms with E-state index in [-0.39, 0.29) is 0 Å². The highest BCUT2D eigenvalue weighted by Gasteiger charge is 2.20. The SMILES string of the molecule is CN1CCN(c2nc3ccc(CCCl)cc3n3cnnc23)CC1. The fourth-order valence-corrected chi connectivity index (χ4v) is 3.30. The highest BCUT2D eigenvalue weighted by atomic mass is 35.5. The van der Waals surface area contributed by atoms with Crippen molar-refractivity contribution in [2.24, 2.45) is 0 Å². The van der Waals surface area contributed by atoms with Crippen LogP contribution in [0.15, 0.2) is 24.5 Å². The number of hydrogen-bond acceptors (Lipinski definition) is 5. The van der Waals surface area contributed by atoms with Crippen LogP contribution in [0.5, 0.6) is 0 Å². The Morgan fingerprint density at radius 1 is 1.17 bits per heavy atom. The summed E-state index contributed by atoms with van der Waals surface area (Å²) in [4.78, 5) is 9.51. The van der Waals surface area contributed by atoms with Gasteiger partial charge < -0.3 is 9.80 Å². The van der Waals surface area contributed by atoms with Gasteiger partial charge in [0.2, 0.25) is 5.65 Å². The maximum Gasteiger partial charge on any atom is 0.204 e. The standard InChI is InChI=1S/C16H19ClN6/c1-21-6-8-22(9-7-21)15-16-20-18-11-23(16)14-10-12(4-5-17)2-3-13(14)19-15/h2-3,10-11H,4-9H2,1H3. The van der Waals surface area contributed by atoms with E-state index in [0.717, 1.165) is 55.1 Å². The van der Waals surface area contributed by atoms with Gasteiger partial charge in [0, 0.05) is 32.1 Å². The zero-order valence-electron chi connectivity index (χ0n) is 13.1. The Morgan fingerprint density at radius 2 is 2.00 bits per heavy atom.